The normalized spacial score (nSPS) is 15.1. The molecular formula is C24H27N3O4. The quantitative estimate of drug-likeness (QED) is 0.478. The molecule has 0 aliphatic heterocycles. The molecule has 1 aliphatic rings. The van der Waals surface area contributed by atoms with Crippen molar-refractivity contribution in [2.75, 3.05) is 11.9 Å². The number of pyridine rings is 1. The number of hydrogen-bond donors (Lipinski definition) is 3. The second kappa shape index (κ2) is 9.20. The van der Waals surface area contributed by atoms with Gasteiger partial charge in [0, 0.05) is 29.4 Å². The van der Waals surface area contributed by atoms with Crippen LogP contribution in [-0.2, 0) is 9.53 Å². The van der Waals surface area contributed by atoms with Crippen LogP contribution < -0.4 is 5.32 Å². The molecule has 1 saturated carbocycles. The van der Waals surface area contributed by atoms with Crippen LogP contribution in [-0.4, -0.2) is 33.6 Å². The largest absolute Gasteiger partial charge is 0.508 e. The van der Waals surface area contributed by atoms with E-state index < -0.39 is 5.97 Å². The van der Waals surface area contributed by atoms with Crippen molar-refractivity contribution in [3.63, 3.8) is 0 Å². The van der Waals surface area contributed by atoms with Crippen LogP contribution in [0.15, 0.2) is 42.7 Å². The number of phenols is 1. The van der Waals surface area contributed by atoms with Crippen molar-refractivity contribution < 1.29 is 19.4 Å². The zero-order chi connectivity index (χ0) is 21.8. The van der Waals surface area contributed by atoms with Gasteiger partial charge < -0.3 is 20.1 Å². The van der Waals surface area contributed by atoms with Crippen molar-refractivity contribution >= 4 is 28.6 Å². The Bertz CT molecular complexity index is 1070. The van der Waals surface area contributed by atoms with Gasteiger partial charge in [0.25, 0.3) is 0 Å². The van der Waals surface area contributed by atoms with E-state index in [4.69, 9.17) is 4.74 Å². The van der Waals surface area contributed by atoms with E-state index in [9.17, 15) is 14.7 Å². The molecule has 1 unspecified atom stereocenters. The van der Waals surface area contributed by atoms with Crippen molar-refractivity contribution in [2.24, 2.45) is 5.92 Å². The van der Waals surface area contributed by atoms with Crippen LogP contribution in [0.4, 0.5) is 5.82 Å². The number of rotatable bonds is 7. The number of benzene rings is 1. The molecule has 7 nitrogen and oxygen atoms in total. The lowest BCUT2D eigenvalue weighted by Gasteiger charge is -2.20. The zero-order valence-electron chi connectivity index (χ0n) is 17.6. The fraction of sp³-hybridized carbons (Fsp3) is 0.375. The molecule has 0 radical (unpaired) electrons. The summed E-state index contributed by atoms with van der Waals surface area (Å²) in [7, 11) is 0. The van der Waals surface area contributed by atoms with Gasteiger partial charge in [-0.3, -0.25) is 4.79 Å². The maximum atomic E-state index is 13.3. The first-order chi connectivity index (χ1) is 15.0. The van der Waals surface area contributed by atoms with Crippen molar-refractivity contribution in [3.8, 4) is 5.75 Å². The minimum absolute atomic E-state index is 0.128. The predicted molar refractivity (Wildman–Crippen MR) is 118 cm³/mol. The Hall–Kier alpha value is -3.35. The second-order valence-corrected chi connectivity index (χ2v) is 8.05. The summed E-state index contributed by atoms with van der Waals surface area (Å²) in [5.41, 5.74) is 2.07. The highest BCUT2D eigenvalue weighted by atomic mass is 16.5. The van der Waals surface area contributed by atoms with Gasteiger partial charge in [-0.15, -0.1) is 0 Å². The standard InChI is InChI=1S/C24H27N3O4/c1-2-31-24(30)16-7-10-22(26-13-16)27-23(29)19(11-15-5-3-4-6-15)20-14-25-21-12-17(28)8-9-18(20)21/h7-10,12-15,19,25,28H,2-6,11H2,1H3,(H,26,27,29). The molecule has 2 heterocycles. The summed E-state index contributed by atoms with van der Waals surface area (Å²) < 4.78 is 4.97. The molecular weight excluding hydrogens is 394 g/mol. The smallest absolute Gasteiger partial charge is 0.339 e. The summed E-state index contributed by atoms with van der Waals surface area (Å²) in [6.07, 6.45) is 8.73. The highest BCUT2D eigenvalue weighted by molar-refractivity contribution is 5.99. The summed E-state index contributed by atoms with van der Waals surface area (Å²) in [5.74, 6) is 0.187. The zero-order valence-corrected chi connectivity index (χ0v) is 17.6. The first-order valence-electron chi connectivity index (χ1n) is 10.8. The third-order valence-electron chi connectivity index (χ3n) is 5.96. The van der Waals surface area contributed by atoms with E-state index in [-0.39, 0.29) is 17.6 Å². The van der Waals surface area contributed by atoms with Gasteiger partial charge in [0.15, 0.2) is 0 Å². The van der Waals surface area contributed by atoms with Crippen molar-refractivity contribution in [1.82, 2.24) is 9.97 Å². The number of aromatic hydroxyl groups is 1. The third kappa shape index (κ3) is 4.71. The molecule has 7 heteroatoms. The number of amides is 1. The van der Waals surface area contributed by atoms with E-state index in [1.165, 1.54) is 19.0 Å². The molecule has 31 heavy (non-hydrogen) atoms. The molecule has 2 aromatic heterocycles. The average Bonchev–Trinajstić information content (AvgIpc) is 3.42. The molecule has 0 spiro atoms. The van der Waals surface area contributed by atoms with Gasteiger partial charge in [-0.25, -0.2) is 9.78 Å². The van der Waals surface area contributed by atoms with Gasteiger partial charge in [-0.05, 0) is 49.1 Å². The molecule has 0 bridgehead atoms. The number of nitrogens with zero attached hydrogens (tertiary/aromatic N) is 1. The maximum Gasteiger partial charge on any atom is 0.339 e. The predicted octanol–water partition coefficient (Wildman–Crippen LogP) is 4.75. The Kier molecular flexibility index (Phi) is 6.21. The minimum Gasteiger partial charge on any atom is -0.508 e. The molecule has 1 atom stereocenters. The summed E-state index contributed by atoms with van der Waals surface area (Å²) >= 11 is 0. The van der Waals surface area contributed by atoms with Gasteiger partial charge in [-0.2, -0.15) is 0 Å². The third-order valence-corrected chi connectivity index (χ3v) is 5.96. The van der Waals surface area contributed by atoms with Gasteiger partial charge in [0.05, 0.1) is 18.1 Å². The molecule has 0 saturated heterocycles. The number of nitrogens with one attached hydrogen (secondary N) is 2. The van der Waals surface area contributed by atoms with Crippen molar-refractivity contribution in [1.29, 1.82) is 0 Å². The van der Waals surface area contributed by atoms with Gasteiger partial charge in [0.1, 0.15) is 11.6 Å². The van der Waals surface area contributed by atoms with E-state index in [2.05, 4.69) is 15.3 Å². The Labute approximate surface area is 180 Å². The van der Waals surface area contributed by atoms with E-state index in [0.29, 0.717) is 23.9 Å². The van der Waals surface area contributed by atoms with E-state index >= 15 is 0 Å². The molecule has 4 rings (SSSR count). The fourth-order valence-corrected chi connectivity index (χ4v) is 4.40. The van der Waals surface area contributed by atoms with Gasteiger partial charge >= 0.3 is 5.97 Å². The number of phenolic OH excluding ortho intramolecular Hbond substituents is 1. The first kappa shape index (κ1) is 20.9. The molecule has 3 N–H and O–H groups in total. The number of esters is 1. The highest BCUT2D eigenvalue weighted by Crippen LogP contribution is 2.37. The fourth-order valence-electron chi connectivity index (χ4n) is 4.40. The lowest BCUT2D eigenvalue weighted by atomic mass is 9.87. The van der Waals surface area contributed by atoms with E-state index in [1.54, 1.807) is 31.2 Å². The Morgan fingerprint density at radius 1 is 1.26 bits per heavy atom. The summed E-state index contributed by atoms with van der Waals surface area (Å²) in [5, 5.41) is 13.6. The van der Waals surface area contributed by atoms with Gasteiger partial charge in [0.2, 0.25) is 5.91 Å². The van der Waals surface area contributed by atoms with Crippen LogP contribution in [0.25, 0.3) is 10.9 Å². The number of hydrogen-bond acceptors (Lipinski definition) is 5. The van der Waals surface area contributed by atoms with E-state index in [0.717, 1.165) is 35.7 Å². The number of fused-ring (bicyclic) bond motifs is 1. The van der Waals surface area contributed by atoms with Crippen LogP contribution >= 0.6 is 0 Å². The molecule has 1 aliphatic carbocycles. The first-order valence-corrected chi connectivity index (χ1v) is 10.8. The molecule has 1 amide bonds. The Morgan fingerprint density at radius 3 is 2.77 bits per heavy atom. The van der Waals surface area contributed by atoms with Crippen LogP contribution in [0, 0.1) is 5.92 Å². The van der Waals surface area contributed by atoms with Gasteiger partial charge in [-0.1, -0.05) is 25.7 Å². The second-order valence-electron chi connectivity index (χ2n) is 8.05. The lowest BCUT2D eigenvalue weighted by molar-refractivity contribution is -0.118. The summed E-state index contributed by atoms with van der Waals surface area (Å²) in [6.45, 7) is 2.04. The number of aromatic amines is 1. The summed E-state index contributed by atoms with van der Waals surface area (Å²) in [6, 6.07) is 8.36. The molecule has 162 valence electrons. The number of anilines is 1. The molecule has 1 aromatic carbocycles. The van der Waals surface area contributed by atoms with E-state index in [1.807, 2.05) is 12.3 Å². The minimum atomic E-state index is -0.436. The summed E-state index contributed by atoms with van der Waals surface area (Å²) in [4.78, 5) is 32.5. The van der Waals surface area contributed by atoms with Crippen LogP contribution in [0.5, 0.6) is 5.75 Å². The number of aromatic nitrogens is 2. The van der Waals surface area contributed by atoms with Crippen molar-refractivity contribution in [3.05, 3.63) is 53.9 Å². The molecule has 1 fully saturated rings. The SMILES string of the molecule is CCOC(=O)c1ccc(NC(=O)C(CC2CCCC2)c2c[nH]c3cc(O)ccc23)nc1. The van der Waals surface area contributed by atoms with Crippen LogP contribution in [0.2, 0.25) is 0 Å². The number of carbonyl (C=O) groups is 2. The number of H-pyrrole nitrogens is 1. The van der Waals surface area contributed by atoms with Crippen LogP contribution in [0.3, 0.4) is 0 Å². The van der Waals surface area contributed by atoms with Crippen LogP contribution in [0.1, 0.15) is 60.9 Å². The highest BCUT2D eigenvalue weighted by Gasteiger charge is 2.29. The Balaban J connectivity index is 1.57. The molecule has 3 aromatic rings. The monoisotopic (exact) mass is 421 g/mol. The maximum absolute atomic E-state index is 13.3. The number of ether oxygens (including phenoxy) is 1. The average molecular weight is 421 g/mol. The topological polar surface area (TPSA) is 104 Å². The lowest BCUT2D eigenvalue weighted by Crippen LogP contribution is -2.23. The number of carbonyl (C=O) groups excluding carboxylic acids is 2. The Morgan fingerprint density at radius 2 is 2.06 bits per heavy atom. The van der Waals surface area contributed by atoms with Crippen molar-refractivity contribution in [2.45, 2.75) is 44.9 Å².